The zero-order chi connectivity index (χ0) is 16.2. The van der Waals surface area contributed by atoms with Gasteiger partial charge in [-0.05, 0) is 25.7 Å². The molecule has 0 radical (unpaired) electrons. The molecule has 5 heteroatoms. The van der Waals surface area contributed by atoms with E-state index >= 15 is 0 Å². The fraction of sp³-hybridized carbons (Fsp3) is 0.765. The molecular formula is C17H24O5. The second-order valence-corrected chi connectivity index (χ2v) is 7.31. The number of carbonyl (C=O) groups excluding carboxylic acids is 2. The maximum Gasteiger partial charge on any atom is 0.309 e. The number of esters is 2. The van der Waals surface area contributed by atoms with Crippen molar-refractivity contribution >= 4 is 11.9 Å². The van der Waals surface area contributed by atoms with Gasteiger partial charge < -0.3 is 14.6 Å². The number of fused-ring (bicyclic) bond motifs is 3. The van der Waals surface area contributed by atoms with E-state index in [1.54, 1.807) is 6.92 Å². The Balaban J connectivity index is 2.03. The Hall–Kier alpha value is -1.36. The molecule has 5 nitrogen and oxygen atoms in total. The summed E-state index contributed by atoms with van der Waals surface area (Å²) in [5, 5.41) is 11.0. The molecule has 1 N–H and O–H groups in total. The van der Waals surface area contributed by atoms with Crippen LogP contribution in [0.1, 0.15) is 40.0 Å². The van der Waals surface area contributed by atoms with Crippen LogP contribution in [0.25, 0.3) is 0 Å². The Morgan fingerprint density at radius 1 is 1.50 bits per heavy atom. The molecule has 3 rings (SSSR count). The quantitative estimate of drug-likeness (QED) is 0.591. The largest absolute Gasteiger partial charge is 0.462 e. The molecule has 2 unspecified atom stereocenters. The predicted molar refractivity (Wildman–Crippen MR) is 78.7 cm³/mol. The van der Waals surface area contributed by atoms with Crippen molar-refractivity contribution in [2.75, 3.05) is 0 Å². The van der Waals surface area contributed by atoms with Crippen LogP contribution in [-0.4, -0.2) is 34.9 Å². The van der Waals surface area contributed by atoms with Crippen molar-refractivity contribution in [1.82, 2.24) is 0 Å². The van der Waals surface area contributed by atoms with Crippen LogP contribution in [0.15, 0.2) is 12.2 Å². The minimum absolute atomic E-state index is 0.00819. The lowest BCUT2D eigenvalue weighted by Gasteiger charge is -2.34. The van der Waals surface area contributed by atoms with Crippen molar-refractivity contribution in [3.8, 4) is 0 Å². The molecule has 3 fully saturated rings. The van der Waals surface area contributed by atoms with E-state index in [2.05, 4.69) is 6.58 Å². The zero-order valence-electron chi connectivity index (χ0n) is 13.4. The highest BCUT2D eigenvalue weighted by Crippen LogP contribution is 2.54. The molecule has 0 amide bonds. The number of aliphatic hydroxyl groups is 1. The molecule has 0 aromatic carbocycles. The second kappa shape index (κ2) is 5.08. The van der Waals surface area contributed by atoms with Crippen molar-refractivity contribution in [3.63, 3.8) is 0 Å². The number of hydrogen-bond acceptors (Lipinski definition) is 5. The van der Waals surface area contributed by atoms with E-state index in [-0.39, 0.29) is 35.7 Å². The number of rotatable bonds is 1. The van der Waals surface area contributed by atoms with E-state index in [9.17, 15) is 14.7 Å². The summed E-state index contributed by atoms with van der Waals surface area (Å²) in [7, 11) is 0. The number of carbonyl (C=O) groups is 2. The molecule has 2 aliphatic carbocycles. The first-order chi connectivity index (χ1) is 10.2. The van der Waals surface area contributed by atoms with Gasteiger partial charge in [-0.15, -0.1) is 0 Å². The normalized spacial score (nSPS) is 47.5. The molecule has 0 aromatic heterocycles. The zero-order valence-corrected chi connectivity index (χ0v) is 13.4. The molecule has 0 aromatic rings. The summed E-state index contributed by atoms with van der Waals surface area (Å²) in [6, 6.07) is 0. The SMILES string of the molecule is C=C1CCC2C1[C@H]1OC(=O)[C@H](C)[C@@H]1[C@@H](OC(C)=O)C[C@@]2(C)O. The van der Waals surface area contributed by atoms with Gasteiger partial charge in [-0.1, -0.05) is 19.1 Å². The summed E-state index contributed by atoms with van der Waals surface area (Å²) in [5.41, 5.74) is 0.0754. The van der Waals surface area contributed by atoms with Crippen molar-refractivity contribution in [2.45, 2.75) is 57.8 Å². The Morgan fingerprint density at radius 3 is 2.82 bits per heavy atom. The highest BCUT2D eigenvalue weighted by molar-refractivity contribution is 5.75. The minimum atomic E-state index is -0.958. The fourth-order valence-electron chi connectivity index (χ4n) is 4.77. The van der Waals surface area contributed by atoms with Crippen LogP contribution in [0, 0.1) is 23.7 Å². The van der Waals surface area contributed by atoms with Crippen LogP contribution in [-0.2, 0) is 19.1 Å². The lowest BCUT2D eigenvalue weighted by Crippen LogP contribution is -2.40. The van der Waals surface area contributed by atoms with Crippen LogP contribution in [0.5, 0.6) is 0 Å². The molecule has 2 saturated carbocycles. The molecule has 122 valence electrons. The van der Waals surface area contributed by atoms with Gasteiger partial charge in [-0.25, -0.2) is 0 Å². The van der Waals surface area contributed by atoms with Crippen molar-refractivity contribution in [2.24, 2.45) is 23.7 Å². The van der Waals surface area contributed by atoms with Crippen molar-refractivity contribution < 1.29 is 24.2 Å². The van der Waals surface area contributed by atoms with E-state index in [4.69, 9.17) is 9.47 Å². The molecule has 1 aliphatic heterocycles. The summed E-state index contributed by atoms with van der Waals surface area (Å²) >= 11 is 0. The van der Waals surface area contributed by atoms with Gasteiger partial charge in [0.15, 0.2) is 0 Å². The van der Waals surface area contributed by atoms with Crippen LogP contribution >= 0.6 is 0 Å². The molecule has 3 aliphatic rings. The fourth-order valence-corrected chi connectivity index (χ4v) is 4.77. The first-order valence-corrected chi connectivity index (χ1v) is 8.00. The van der Waals surface area contributed by atoms with E-state index in [1.807, 2.05) is 6.92 Å². The van der Waals surface area contributed by atoms with Gasteiger partial charge >= 0.3 is 11.9 Å². The van der Waals surface area contributed by atoms with Gasteiger partial charge in [0.05, 0.1) is 11.5 Å². The van der Waals surface area contributed by atoms with Gasteiger partial charge in [0, 0.05) is 25.2 Å². The minimum Gasteiger partial charge on any atom is -0.462 e. The van der Waals surface area contributed by atoms with E-state index < -0.39 is 17.7 Å². The van der Waals surface area contributed by atoms with Crippen molar-refractivity contribution in [1.29, 1.82) is 0 Å². The molecular weight excluding hydrogens is 284 g/mol. The van der Waals surface area contributed by atoms with Crippen LogP contribution in [0.3, 0.4) is 0 Å². The van der Waals surface area contributed by atoms with Gasteiger partial charge in [0.25, 0.3) is 0 Å². The van der Waals surface area contributed by atoms with Gasteiger partial charge in [0.1, 0.15) is 12.2 Å². The van der Waals surface area contributed by atoms with Crippen LogP contribution in [0.2, 0.25) is 0 Å². The molecule has 7 atom stereocenters. The van der Waals surface area contributed by atoms with E-state index in [1.165, 1.54) is 6.92 Å². The molecule has 1 heterocycles. The highest BCUT2D eigenvalue weighted by atomic mass is 16.6. The first-order valence-electron chi connectivity index (χ1n) is 8.00. The molecule has 0 bridgehead atoms. The summed E-state index contributed by atoms with van der Waals surface area (Å²) in [5.74, 6) is -1.24. The molecule has 22 heavy (non-hydrogen) atoms. The lowest BCUT2D eigenvalue weighted by molar-refractivity contribution is -0.154. The third-order valence-electron chi connectivity index (χ3n) is 5.78. The summed E-state index contributed by atoms with van der Waals surface area (Å²) in [6.07, 6.45) is 1.17. The molecule has 1 saturated heterocycles. The predicted octanol–water partition coefficient (Wildman–Crippen LogP) is 1.83. The van der Waals surface area contributed by atoms with E-state index in [0.717, 1.165) is 18.4 Å². The third-order valence-corrected chi connectivity index (χ3v) is 5.78. The topological polar surface area (TPSA) is 72.8 Å². The average Bonchev–Trinajstić information content (AvgIpc) is 2.87. The Labute approximate surface area is 130 Å². The summed E-state index contributed by atoms with van der Waals surface area (Å²) in [6.45, 7) is 9.10. The standard InChI is InChI=1S/C17H24O5/c1-8-5-6-11-13(8)15-14(9(2)16(19)22-15)12(21-10(3)18)7-17(11,4)20/h9,11-15,20H,1,5-7H2,2-4H3/t9-,11?,12+,13?,14-,15-,17-/m1/s1. The van der Waals surface area contributed by atoms with Crippen LogP contribution in [0.4, 0.5) is 0 Å². The van der Waals surface area contributed by atoms with Gasteiger partial charge in [-0.3, -0.25) is 9.59 Å². The van der Waals surface area contributed by atoms with E-state index in [0.29, 0.717) is 6.42 Å². The number of ether oxygens (including phenoxy) is 2. The highest BCUT2D eigenvalue weighted by Gasteiger charge is 2.60. The van der Waals surface area contributed by atoms with Crippen molar-refractivity contribution in [3.05, 3.63) is 12.2 Å². The van der Waals surface area contributed by atoms with Crippen LogP contribution < -0.4 is 0 Å². The Bertz CT molecular complexity index is 523. The first kappa shape index (κ1) is 15.5. The molecule has 0 spiro atoms. The maximum absolute atomic E-state index is 12.1. The number of hydrogen-bond donors (Lipinski definition) is 1. The monoisotopic (exact) mass is 308 g/mol. The maximum atomic E-state index is 12.1. The van der Waals surface area contributed by atoms with Gasteiger partial charge in [-0.2, -0.15) is 0 Å². The lowest BCUT2D eigenvalue weighted by atomic mass is 9.77. The Morgan fingerprint density at radius 2 is 2.18 bits per heavy atom. The second-order valence-electron chi connectivity index (χ2n) is 7.31. The summed E-state index contributed by atoms with van der Waals surface area (Å²) in [4.78, 5) is 23.6. The third kappa shape index (κ3) is 2.26. The average molecular weight is 308 g/mol. The Kier molecular flexibility index (Phi) is 3.59. The summed E-state index contributed by atoms with van der Waals surface area (Å²) < 4.78 is 11.1. The van der Waals surface area contributed by atoms with Gasteiger partial charge in [0.2, 0.25) is 0 Å². The smallest absolute Gasteiger partial charge is 0.309 e.